The van der Waals surface area contributed by atoms with E-state index in [2.05, 4.69) is 28.2 Å². The van der Waals surface area contributed by atoms with Crippen LogP contribution in [0.4, 0.5) is 5.69 Å². The highest BCUT2D eigenvalue weighted by atomic mass is 79.9. The van der Waals surface area contributed by atoms with Crippen LogP contribution in [0.5, 0.6) is 0 Å². The number of benzene rings is 1. The standard InChI is InChI=1S/C12H15BrN2O2/c1-8-4-10(5-8)14-7-9-2-3-11(13)12(6-9)15(16)17/h2-3,6,8,10,14H,4-5,7H2,1H3. The highest BCUT2D eigenvalue weighted by Crippen LogP contribution is 2.28. The summed E-state index contributed by atoms with van der Waals surface area (Å²) in [5.41, 5.74) is 1.09. The lowest BCUT2D eigenvalue weighted by atomic mass is 9.82. The predicted molar refractivity (Wildman–Crippen MR) is 69.8 cm³/mol. The van der Waals surface area contributed by atoms with E-state index in [1.165, 1.54) is 12.8 Å². The van der Waals surface area contributed by atoms with E-state index in [0.717, 1.165) is 11.5 Å². The fourth-order valence-electron chi connectivity index (χ4n) is 2.14. The van der Waals surface area contributed by atoms with Crippen molar-refractivity contribution in [3.8, 4) is 0 Å². The Balaban J connectivity index is 1.97. The Kier molecular flexibility index (Phi) is 3.79. The van der Waals surface area contributed by atoms with E-state index >= 15 is 0 Å². The van der Waals surface area contributed by atoms with Gasteiger partial charge in [-0.3, -0.25) is 10.1 Å². The maximum absolute atomic E-state index is 10.8. The normalized spacial score (nSPS) is 23.2. The number of nitro groups is 1. The lowest BCUT2D eigenvalue weighted by Crippen LogP contribution is -2.39. The predicted octanol–water partition coefficient (Wildman–Crippen LogP) is 3.25. The summed E-state index contributed by atoms with van der Waals surface area (Å²) in [6.45, 7) is 2.94. The molecule has 0 amide bonds. The molecule has 2 rings (SSSR count). The molecule has 1 aliphatic rings. The topological polar surface area (TPSA) is 55.2 Å². The first-order valence-corrected chi connectivity index (χ1v) is 6.51. The van der Waals surface area contributed by atoms with E-state index in [9.17, 15) is 10.1 Å². The Morgan fingerprint density at radius 3 is 2.82 bits per heavy atom. The monoisotopic (exact) mass is 298 g/mol. The first kappa shape index (κ1) is 12.5. The molecule has 1 aromatic rings. The molecule has 92 valence electrons. The Morgan fingerprint density at radius 2 is 2.24 bits per heavy atom. The van der Waals surface area contributed by atoms with Gasteiger partial charge in [0.15, 0.2) is 0 Å². The van der Waals surface area contributed by atoms with Crippen molar-refractivity contribution in [1.82, 2.24) is 5.32 Å². The third kappa shape index (κ3) is 3.04. The van der Waals surface area contributed by atoms with Gasteiger partial charge in [0.2, 0.25) is 0 Å². The summed E-state index contributed by atoms with van der Waals surface area (Å²) in [5.74, 6) is 0.812. The zero-order chi connectivity index (χ0) is 12.4. The van der Waals surface area contributed by atoms with Gasteiger partial charge in [-0.1, -0.05) is 13.0 Å². The van der Waals surface area contributed by atoms with Gasteiger partial charge in [-0.15, -0.1) is 0 Å². The molecule has 0 atom stereocenters. The molecule has 0 saturated heterocycles. The summed E-state index contributed by atoms with van der Waals surface area (Å²) in [6.07, 6.45) is 2.41. The third-order valence-corrected chi connectivity index (χ3v) is 3.85. The van der Waals surface area contributed by atoms with E-state index in [-0.39, 0.29) is 10.6 Å². The van der Waals surface area contributed by atoms with E-state index in [1.54, 1.807) is 12.1 Å². The number of nitrogens with one attached hydrogen (secondary N) is 1. The summed E-state index contributed by atoms with van der Waals surface area (Å²) < 4.78 is 0.531. The summed E-state index contributed by atoms with van der Waals surface area (Å²) in [6, 6.07) is 5.84. The fourth-order valence-corrected chi connectivity index (χ4v) is 2.53. The van der Waals surface area contributed by atoms with Crippen molar-refractivity contribution in [2.24, 2.45) is 5.92 Å². The van der Waals surface area contributed by atoms with Crippen molar-refractivity contribution in [2.45, 2.75) is 32.4 Å². The molecule has 0 spiro atoms. The third-order valence-electron chi connectivity index (χ3n) is 3.18. The van der Waals surface area contributed by atoms with Gasteiger partial charge < -0.3 is 5.32 Å². The van der Waals surface area contributed by atoms with Crippen molar-refractivity contribution < 1.29 is 4.92 Å². The second-order valence-corrected chi connectivity index (χ2v) is 5.55. The van der Waals surface area contributed by atoms with Crippen molar-refractivity contribution >= 4 is 21.6 Å². The van der Waals surface area contributed by atoms with Gasteiger partial charge in [0, 0.05) is 18.7 Å². The highest BCUT2D eigenvalue weighted by molar-refractivity contribution is 9.10. The number of halogens is 1. The van der Waals surface area contributed by atoms with Gasteiger partial charge in [-0.25, -0.2) is 0 Å². The number of nitrogens with zero attached hydrogens (tertiary/aromatic N) is 1. The van der Waals surface area contributed by atoms with Gasteiger partial charge in [-0.2, -0.15) is 0 Å². The van der Waals surface area contributed by atoms with Crippen LogP contribution in [-0.2, 0) is 6.54 Å². The zero-order valence-corrected chi connectivity index (χ0v) is 11.2. The van der Waals surface area contributed by atoms with Crippen LogP contribution in [-0.4, -0.2) is 11.0 Å². The minimum absolute atomic E-state index is 0.131. The van der Waals surface area contributed by atoms with E-state index in [4.69, 9.17) is 0 Å². The van der Waals surface area contributed by atoms with Gasteiger partial charge >= 0.3 is 0 Å². The molecule has 1 saturated carbocycles. The summed E-state index contributed by atoms with van der Waals surface area (Å²) in [7, 11) is 0. The number of rotatable bonds is 4. The quantitative estimate of drug-likeness (QED) is 0.686. The molecule has 1 fully saturated rings. The molecule has 0 unspecified atom stereocenters. The molecule has 0 bridgehead atoms. The Labute approximate surface area is 109 Å². The van der Waals surface area contributed by atoms with Crippen LogP contribution in [0.1, 0.15) is 25.3 Å². The molecule has 0 aromatic heterocycles. The van der Waals surface area contributed by atoms with Crippen LogP contribution < -0.4 is 5.32 Å². The Morgan fingerprint density at radius 1 is 1.53 bits per heavy atom. The van der Waals surface area contributed by atoms with Gasteiger partial charge in [0.05, 0.1) is 9.40 Å². The Hall–Kier alpha value is -0.940. The van der Waals surface area contributed by atoms with E-state index in [1.807, 2.05) is 6.07 Å². The second kappa shape index (κ2) is 5.14. The largest absolute Gasteiger partial charge is 0.310 e. The smallest absolute Gasteiger partial charge is 0.283 e. The molecule has 17 heavy (non-hydrogen) atoms. The molecule has 0 radical (unpaired) electrons. The minimum Gasteiger partial charge on any atom is -0.310 e. The molecule has 4 nitrogen and oxygen atoms in total. The number of hydrogen-bond donors (Lipinski definition) is 1. The summed E-state index contributed by atoms with van der Waals surface area (Å²) >= 11 is 3.18. The molecule has 1 N–H and O–H groups in total. The minimum atomic E-state index is -0.362. The average molecular weight is 299 g/mol. The maximum atomic E-state index is 10.8. The molecule has 1 aliphatic carbocycles. The molecule has 0 aliphatic heterocycles. The van der Waals surface area contributed by atoms with Crippen molar-refractivity contribution in [2.75, 3.05) is 0 Å². The van der Waals surface area contributed by atoms with E-state index < -0.39 is 0 Å². The van der Waals surface area contributed by atoms with Crippen molar-refractivity contribution in [3.05, 3.63) is 38.3 Å². The van der Waals surface area contributed by atoms with Crippen LogP contribution in [0, 0.1) is 16.0 Å². The zero-order valence-electron chi connectivity index (χ0n) is 9.65. The average Bonchev–Trinajstić information content (AvgIpc) is 2.24. The first-order chi connectivity index (χ1) is 8.06. The molecule has 1 aromatic carbocycles. The molecule has 0 heterocycles. The lowest BCUT2D eigenvalue weighted by Gasteiger charge is -2.33. The van der Waals surface area contributed by atoms with Gasteiger partial charge in [0.25, 0.3) is 5.69 Å². The fraction of sp³-hybridized carbons (Fsp3) is 0.500. The van der Waals surface area contributed by atoms with Gasteiger partial charge in [-0.05, 0) is 46.3 Å². The van der Waals surface area contributed by atoms with E-state index in [0.29, 0.717) is 17.1 Å². The molecular formula is C12H15BrN2O2. The Bertz CT molecular complexity index is 431. The first-order valence-electron chi connectivity index (χ1n) is 5.72. The van der Waals surface area contributed by atoms with Crippen LogP contribution >= 0.6 is 15.9 Å². The van der Waals surface area contributed by atoms with Crippen molar-refractivity contribution in [3.63, 3.8) is 0 Å². The van der Waals surface area contributed by atoms with Crippen molar-refractivity contribution in [1.29, 1.82) is 0 Å². The van der Waals surface area contributed by atoms with Crippen LogP contribution in [0.3, 0.4) is 0 Å². The lowest BCUT2D eigenvalue weighted by molar-refractivity contribution is -0.385. The molecule has 5 heteroatoms. The second-order valence-electron chi connectivity index (χ2n) is 4.70. The van der Waals surface area contributed by atoms with Crippen LogP contribution in [0.15, 0.2) is 22.7 Å². The van der Waals surface area contributed by atoms with Crippen LogP contribution in [0.25, 0.3) is 0 Å². The summed E-state index contributed by atoms with van der Waals surface area (Å²) in [5, 5.41) is 14.2. The van der Waals surface area contributed by atoms with Crippen LogP contribution in [0.2, 0.25) is 0 Å². The number of hydrogen-bond acceptors (Lipinski definition) is 3. The van der Waals surface area contributed by atoms with Gasteiger partial charge in [0.1, 0.15) is 0 Å². The summed E-state index contributed by atoms with van der Waals surface area (Å²) in [4.78, 5) is 10.4. The highest BCUT2D eigenvalue weighted by Gasteiger charge is 2.24. The number of nitro benzene ring substituents is 1. The SMILES string of the molecule is CC1CC(NCc2ccc(Br)c([N+](=O)[O-])c2)C1. The molecular weight excluding hydrogens is 284 g/mol. The maximum Gasteiger partial charge on any atom is 0.283 e.